The standard InChI is InChI=1S/C14H18N2O5/c1-9(2)15-14(19)16-12(17)8-21-13(18)10-4-6-11(20-3)7-5-10/h4-7,9H,8H2,1-3H3,(H2,15,16,17,19). The van der Waals surface area contributed by atoms with E-state index in [4.69, 9.17) is 9.47 Å². The predicted octanol–water partition coefficient (Wildman–Crippen LogP) is 1.09. The number of hydrogen-bond donors (Lipinski definition) is 2. The number of rotatable bonds is 5. The zero-order chi connectivity index (χ0) is 15.8. The third-order valence-electron chi connectivity index (χ3n) is 2.33. The van der Waals surface area contributed by atoms with Gasteiger partial charge < -0.3 is 14.8 Å². The van der Waals surface area contributed by atoms with Gasteiger partial charge in [0.25, 0.3) is 5.91 Å². The molecule has 0 aliphatic heterocycles. The molecule has 0 unspecified atom stereocenters. The number of urea groups is 1. The summed E-state index contributed by atoms with van der Waals surface area (Å²) in [5.74, 6) is -0.748. The molecule has 114 valence electrons. The first kappa shape index (κ1) is 16.5. The molecule has 21 heavy (non-hydrogen) atoms. The van der Waals surface area contributed by atoms with Crippen molar-refractivity contribution in [3.8, 4) is 5.75 Å². The maximum Gasteiger partial charge on any atom is 0.338 e. The van der Waals surface area contributed by atoms with Gasteiger partial charge in [-0.3, -0.25) is 10.1 Å². The van der Waals surface area contributed by atoms with E-state index >= 15 is 0 Å². The summed E-state index contributed by atoms with van der Waals surface area (Å²) in [7, 11) is 1.51. The molecule has 0 aliphatic carbocycles. The second kappa shape index (κ2) is 7.88. The van der Waals surface area contributed by atoms with Gasteiger partial charge in [-0.2, -0.15) is 0 Å². The molecule has 0 atom stereocenters. The molecule has 1 aromatic carbocycles. The molecule has 7 nitrogen and oxygen atoms in total. The summed E-state index contributed by atoms with van der Waals surface area (Å²) < 4.78 is 9.76. The van der Waals surface area contributed by atoms with Crippen LogP contribution in [-0.2, 0) is 9.53 Å². The van der Waals surface area contributed by atoms with Crippen LogP contribution in [0.15, 0.2) is 24.3 Å². The van der Waals surface area contributed by atoms with E-state index in [1.807, 2.05) is 0 Å². The number of nitrogens with one attached hydrogen (secondary N) is 2. The quantitative estimate of drug-likeness (QED) is 0.793. The summed E-state index contributed by atoms with van der Waals surface area (Å²) in [6, 6.07) is 5.52. The average molecular weight is 294 g/mol. The molecule has 0 saturated carbocycles. The lowest BCUT2D eigenvalue weighted by atomic mass is 10.2. The van der Waals surface area contributed by atoms with Crippen LogP contribution in [-0.4, -0.2) is 37.7 Å². The maximum atomic E-state index is 11.7. The molecule has 0 aromatic heterocycles. The Balaban J connectivity index is 2.41. The molecule has 0 saturated heterocycles. The fourth-order valence-electron chi connectivity index (χ4n) is 1.40. The van der Waals surface area contributed by atoms with Crippen LogP contribution in [0.25, 0.3) is 0 Å². The van der Waals surface area contributed by atoms with E-state index in [1.165, 1.54) is 19.2 Å². The Hall–Kier alpha value is -2.57. The van der Waals surface area contributed by atoms with Crippen molar-refractivity contribution in [1.82, 2.24) is 10.6 Å². The second-order valence-electron chi connectivity index (χ2n) is 4.48. The van der Waals surface area contributed by atoms with Gasteiger partial charge in [0.1, 0.15) is 5.75 Å². The van der Waals surface area contributed by atoms with Crippen LogP contribution in [0.1, 0.15) is 24.2 Å². The lowest BCUT2D eigenvalue weighted by molar-refractivity contribution is -0.123. The summed E-state index contributed by atoms with van der Waals surface area (Å²) in [4.78, 5) is 34.3. The second-order valence-corrected chi connectivity index (χ2v) is 4.48. The van der Waals surface area contributed by atoms with E-state index in [1.54, 1.807) is 26.0 Å². The van der Waals surface area contributed by atoms with Crippen molar-refractivity contribution in [3.05, 3.63) is 29.8 Å². The van der Waals surface area contributed by atoms with Crippen molar-refractivity contribution >= 4 is 17.9 Å². The van der Waals surface area contributed by atoms with Crippen LogP contribution in [0.5, 0.6) is 5.75 Å². The fraction of sp³-hybridized carbons (Fsp3) is 0.357. The Labute approximate surface area is 122 Å². The van der Waals surface area contributed by atoms with Crippen molar-refractivity contribution < 1.29 is 23.9 Å². The minimum Gasteiger partial charge on any atom is -0.497 e. The summed E-state index contributed by atoms with van der Waals surface area (Å²) >= 11 is 0. The number of carbonyl (C=O) groups is 3. The zero-order valence-electron chi connectivity index (χ0n) is 12.1. The van der Waals surface area contributed by atoms with Crippen molar-refractivity contribution in [3.63, 3.8) is 0 Å². The van der Waals surface area contributed by atoms with Crippen molar-refractivity contribution in [2.24, 2.45) is 0 Å². The van der Waals surface area contributed by atoms with Crippen LogP contribution in [0, 0.1) is 0 Å². The molecular weight excluding hydrogens is 276 g/mol. The molecule has 0 heterocycles. The molecule has 0 radical (unpaired) electrons. The van der Waals surface area contributed by atoms with Crippen LogP contribution in [0.2, 0.25) is 0 Å². The van der Waals surface area contributed by atoms with Crippen LogP contribution in [0.4, 0.5) is 4.79 Å². The molecular formula is C14H18N2O5. The number of amides is 3. The molecule has 2 N–H and O–H groups in total. The van der Waals surface area contributed by atoms with Gasteiger partial charge in [-0.1, -0.05) is 0 Å². The summed E-state index contributed by atoms with van der Waals surface area (Å²) in [5.41, 5.74) is 0.287. The molecule has 0 bridgehead atoms. The van der Waals surface area contributed by atoms with E-state index in [0.29, 0.717) is 5.75 Å². The summed E-state index contributed by atoms with van der Waals surface area (Å²) in [6.07, 6.45) is 0. The van der Waals surface area contributed by atoms with Crippen molar-refractivity contribution in [1.29, 1.82) is 0 Å². The van der Waals surface area contributed by atoms with Crippen molar-refractivity contribution in [2.45, 2.75) is 19.9 Å². The van der Waals surface area contributed by atoms with E-state index in [-0.39, 0.29) is 11.6 Å². The topological polar surface area (TPSA) is 93.7 Å². The van der Waals surface area contributed by atoms with Gasteiger partial charge in [-0.05, 0) is 38.1 Å². The molecule has 3 amide bonds. The van der Waals surface area contributed by atoms with Crippen LogP contribution in [0.3, 0.4) is 0 Å². The number of ether oxygens (including phenoxy) is 2. The number of carbonyl (C=O) groups excluding carboxylic acids is 3. The fourth-order valence-corrected chi connectivity index (χ4v) is 1.40. The van der Waals surface area contributed by atoms with Gasteiger partial charge in [0, 0.05) is 6.04 Å². The highest BCUT2D eigenvalue weighted by molar-refractivity contribution is 5.97. The molecule has 7 heteroatoms. The Morgan fingerprint density at radius 2 is 1.76 bits per heavy atom. The van der Waals surface area contributed by atoms with E-state index in [0.717, 1.165) is 0 Å². The van der Waals surface area contributed by atoms with E-state index in [9.17, 15) is 14.4 Å². The number of methoxy groups -OCH3 is 1. The third kappa shape index (κ3) is 5.94. The van der Waals surface area contributed by atoms with Crippen LogP contribution < -0.4 is 15.4 Å². The van der Waals surface area contributed by atoms with Gasteiger partial charge in [0.2, 0.25) is 0 Å². The summed E-state index contributed by atoms with van der Waals surface area (Å²) in [5, 5.41) is 4.53. The summed E-state index contributed by atoms with van der Waals surface area (Å²) in [6.45, 7) is 2.98. The minimum absolute atomic E-state index is 0.0975. The predicted molar refractivity (Wildman–Crippen MR) is 75.1 cm³/mol. The number of benzene rings is 1. The average Bonchev–Trinajstić information content (AvgIpc) is 2.43. The van der Waals surface area contributed by atoms with Crippen molar-refractivity contribution in [2.75, 3.05) is 13.7 Å². The van der Waals surface area contributed by atoms with Gasteiger partial charge >= 0.3 is 12.0 Å². The number of hydrogen-bond acceptors (Lipinski definition) is 5. The van der Waals surface area contributed by atoms with E-state index < -0.39 is 24.5 Å². The Morgan fingerprint density at radius 1 is 1.14 bits per heavy atom. The zero-order valence-corrected chi connectivity index (χ0v) is 12.1. The Morgan fingerprint density at radius 3 is 2.29 bits per heavy atom. The van der Waals surface area contributed by atoms with Gasteiger partial charge in [0.05, 0.1) is 12.7 Å². The third-order valence-corrected chi connectivity index (χ3v) is 2.33. The van der Waals surface area contributed by atoms with Gasteiger partial charge in [0.15, 0.2) is 6.61 Å². The maximum absolute atomic E-state index is 11.7. The normalized spacial score (nSPS) is 9.90. The first-order valence-electron chi connectivity index (χ1n) is 6.34. The highest BCUT2D eigenvalue weighted by Crippen LogP contribution is 2.11. The monoisotopic (exact) mass is 294 g/mol. The minimum atomic E-state index is -0.699. The van der Waals surface area contributed by atoms with Gasteiger partial charge in [-0.15, -0.1) is 0 Å². The number of imide groups is 1. The molecule has 0 spiro atoms. The largest absolute Gasteiger partial charge is 0.497 e. The highest BCUT2D eigenvalue weighted by atomic mass is 16.5. The van der Waals surface area contributed by atoms with Gasteiger partial charge in [-0.25, -0.2) is 9.59 Å². The van der Waals surface area contributed by atoms with E-state index in [2.05, 4.69) is 10.6 Å². The molecule has 0 aliphatic rings. The first-order chi connectivity index (χ1) is 9.92. The molecule has 1 rings (SSSR count). The Kier molecular flexibility index (Phi) is 6.19. The molecule has 0 fully saturated rings. The van der Waals surface area contributed by atoms with Crippen LogP contribution >= 0.6 is 0 Å². The number of esters is 1. The highest BCUT2D eigenvalue weighted by Gasteiger charge is 2.12. The lowest BCUT2D eigenvalue weighted by Crippen LogP contribution is -2.44. The Bertz CT molecular complexity index is 511. The first-order valence-corrected chi connectivity index (χ1v) is 6.34. The lowest BCUT2D eigenvalue weighted by Gasteiger charge is -2.09. The molecule has 1 aromatic rings. The SMILES string of the molecule is COc1ccc(C(=O)OCC(=O)NC(=O)NC(C)C)cc1. The smallest absolute Gasteiger partial charge is 0.338 e.